The zero-order valence-electron chi connectivity index (χ0n) is 15.3. The van der Waals surface area contributed by atoms with E-state index in [1.165, 1.54) is 0 Å². The molecule has 0 amide bonds. The normalized spacial score (nSPS) is 28.2. The fourth-order valence-corrected chi connectivity index (χ4v) is 3.41. The molecule has 0 aromatic carbocycles. The molecular formula is C20H34O5. The molecule has 0 bridgehead atoms. The topological polar surface area (TPSA) is 98.0 Å². The quantitative estimate of drug-likeness (QED) is 0.319. The molecular weight excluding hydrogens is 320 g/mol. The van der Waals surface area contributed by atoms with Crippen molar-refractivity contribution in [2.45, 2.75) is 83.0 Å². The van der Waals surface area contributed by atoms with Crippen LogP contribution in [0.25, 0.3) is 0 Å². The fourth-order valence-electron chi connectivity index (χ4n) is 3.41. The highest BCUT2D eigenvalue weighted by molar-refractivity contribution is 5.66. The third-order valence-electron chi connectivity index (χ3n) is 4.91. The van der Waals surface area contributed by atoms with Gasteiger partial charge in [-0.15, -0.1) is 0 Å². The molecule has 1 aliphatic carbocycles. The first-order valence-corrected chi connectivity index (χ1v) is 9.55. The maximum absolute atomic E-state index is 10.5. The van der Waals surface area contributed by atoms with Crippen LogP contribution in [0.3, 0.4) is 0 Å². The Kier molecular flexibility index (Phi) is 10.7. The van der Waals surface area contributed by atoms with Gasteiger partial charge in [-0.2, -0.15) is 0 Å². The van der Waals surface area contributed by atoms with Crippen LogP contribution in [0.4, 0.5) is 0 Å². The van der Waals surface area contributed by atoms with Crippen molar-refractivity contribution in [2.24, 2.45) is 11.8 Å². The Morgan fingerprint density at radius 2 is 1.92 bits per heavy atom. The highest BCUT2D eigenvalue weighted by Gasteiger charge is 2.39. The van der Waals surface area contributed by atoms with Crippen molar-refractivity contribution < 1.29 is 25.2 Å². The van der Waals surface area contributed by atoms with Crippen molar-refractivity contribution in [2.75, 3.05) is 0 Å². The number of carboxylic acids is 1. The van der Waals surface area contributed by atoms with E-state index in [1.807, 2.05) is 18.2 Å². The molecule has 0 aromatic heterocycles. The van der Waals surface area contributed by atoms with Gasteiger partial charge >= 0.3 is 5.97 Å². The zero-order chi connectivity index (χ0) is 18.7. The van der Waals surface area contributed by atoms with E-state index in [0.717, 1.165) is 25.7 Å². The number of hydrogen-bond donors (Lipinski definition) is 4. The number of carbonyl (C=O) groups is 1. The lowest BCUT2D eigenvalue weighted by molar-refractivity contribution is -0.137. The van der Waals surface area contributed by atoms with E-state index in [4.69, 9.17) is 5.11 Å². The van der Waals surface area contributed by atoms with Crippen molar-refractivity contribution in [3.63, 3.8) is 0 Å². The van der Waals surface area contributed by atoms with E-state index >= 15 is 0 Å². The van der Waals surface area contributed by atoms with E-state index < -0.39 is 24.3 Å². The van der Waals surface area contributed by atoms with Gasteiger partial charge in [-0.25, -0.2) is 0 Å². The number of aliphatic carboxylic acids is 1. The molecule has 4 N–H and O–H groups in total. The van der Waals surface area contributed by atoms with E-state index in [9.17, 15) is 20.1 Å². The van der Waals surface area contributed by atoms with Crippen molar-refractivity contribution in [3.8, 4) is 0 Å². The summed E-state index contributed by atoms with van der Waals surface area (Å²) in [5, 5.41) is 39.0. The van der Waals surface area contributed by atoms with Crippen LogP contribution in [-0.2, 0) is 4.79 Å². The zero-order valence-corrected chi connectivity index (χ0v) is 15.3. The van der Waals surface area contributed by atoms with E-state index in [2.05, 4.69) is 6.92 Å². The molecule has 1 saturated carbocycles. The molecule has 0 heterocycles. The Balaban J connectivity index is 2.46. The first-order valence-electron chi connectivity index (χ1n) is 9.55. The largest absolute Gasteiger partial charge is 0.481 e. The van der Waals surface area contributed by atoms with Crippen LogP contribution in [0, 0.1) is 11.8 Å². The lowest BCUT2D eigenvalue weighted by atomic mass is 9.89. The van der Waals surface area contributed by atoms with Gasteiger partial charge in [-0.1, -0.05) is 50.5 Å². The predicted octanol–water partition coefficient (Wildman–Crippen LogP) is 3.04. The molecule has 5 heteroatoms. The second-order valence-electron chi connectivity index (χ2n) is 7.05. The lowest BCUT2D eigenvalue weighted by Crippen LogP contribution is -2.20. The van der Waals surface area contributed by atoms with E-state index in [-0.39, 0.29) is 18.3 Å². The summed E-state index contributed by atoms with van der Waals surface area (Å²) in [7, 11) is 0. The summed E-state index contributed by atoms with van der Waals surface area (Å²) in [5.74, 6) is -1.00. The number of aliphatic hydroxyl groups excluding tert-OH is 3. The number of aliphatic hydroxyl groups is 3. The van der Waals surface area contributed by atoms with Gasteiger partial charge in [0.1, 0.15) is 0 Å². The van der Waals surface area contributed by atoms with Crippen LogP contribution in [0.2, 0.25) is 0 Å². The Morgan fingerprint density at radius 3 is 2.60 bits per heavy atom. The summed E-state index contributed by atoms with van der Waals surface area (Å²) in [4.78, 5) is 10.5. The third-order valence-corrected chi connectivity index (χ3v) is 4.91. The van der Waals surface area contributed by atoms with Crippen LogP contribution in [0.1, 0.15) is 64.7 Å². The molecule has 5 atom stereocenters. The van der Waals surface area contributed by atoms with Crippen LogP contribution in [-0.4, -0.2) is 44.7 Å². The van der Waals surface area contributed by atoms with Gasteiger partial charge in [-0.05, 0) is 31.6 Å². The molecule has 5 nitrogen and oxygen atoms in total. The molecule has 0 radical (unpaired) electrons. The predicted molar refractivity (Wildman–Crippen MR) is 98.1 cm³/mol. The van der Waals surface area contributed by atoms with Crippen molar-refractivity contribution in [1.82, 2.24) is 0 Å². The van der Waals surface area contributed by atoms with Gasteiger partial charge in [0.15, 0.2) is 0 Å². The smallest absolute Gasteiger partial charge is 0.303 e. The molecule has 1 rings (SSSR count). The maximum atomic E-state index is 10.5. The second-order valence-corrected chi connectivity index (χ2v) is 7.05. The average Bonchev–Trinajstić information content (AvgIpc) is 2.82. The molecule has 0 aromatic rings. The second kappa shape index (κ2) is 12.2. The standard InChI is InChI=1S/C20H34O5/c1-2-3-6-9-15(21)12-13-17-16(18(22)14-19(17)23)10-7-4-5-8-11-20(24)25/h4,7,12-13,15-19,21-23H,2-3,5-6,8-11,14H2,1H3,(H,24,25)/b7-4-,13-12+/t15-,16-,17+,18-,19+/m1/s1. The Hall–Kier alpha value is -1.17. The Morgan fingerprint density at radius 1 is 1.16 bits per heavy atom. The van der Waals surface area contributed by atoms with Crippen molar-refractivity contribution in [1.29, 1.82) is 0 Å². The monoisotopic (exact) mass is 354 g/mol. The minimum absolute atomic E-state index is 0.0650. The highest BCUT2D eigenvalue weighted by atomic mass is 16.4. The van der Waals surface area contributed by atoms with Gasteiger partial charge in [0.05, 0.1) is 18.3 Å². The van der Waals surface area contributed by atoms with Crippen molar-refractivity contribution >= 4 is 5.97 Å². The summed E-state index contributed by atoms with van der Waals surface area (Å²) in [6.07, 6.45) is 12.3. The van der Waals surface area contributed by atoms with Gasteiger partial charge in [-0.3, -0.25) is 4.79 Å². The van der Waals surface area contributed by atoms with Gasteiger partial charge in [0.2, 0.25) is 0 Å². The molecule has 144 valence electrons. The Labute approximate surface area is 151 Å². The SMILES string of the molecule is CCCCC[C@@H](O)/C=C/[C@H]1[C@@H](C/C=C\CCCC(=O)O)[C@H](O)C[C@@H]1O. The van der Waals surface area contributed by atoms with Crippen LogP contribution in [0.5, 0.6) is 0 Å². The minimum atomic E-state index is -0.787. The Bertz CT molecular complexity index is 432. The van der Waals surface area contributed by atoms with Crippen molar-refractivity contribution in [3.05, 3.63) is 24.3 Å². The lowest BCUT2D eigenvalue weighted by Gasteiger charge is -2.19. The van der Waals surface area contributed by atoms with E-state index in [1.54, 1.807) is 6.08 Å². The molecule has 1 aliphatic rings. The molecule has 0 spiro atoms. The number of carboxylic acid groups (broad SMARTS) is 1. The maximum Gasteiger partial charge on any atom is 0.303 e. The summed E-state index contributed by atoms with van der Waals surface area (Å²) < 4.78 is 0. The molecule has 0 aliphatic heterocycles. The molecule has 0 unspecified atom stereocenters. The highest BCUT2D eigenvalue weighted by Crippen LogP contribution is 2.36. The summed E-state index contributed by atoms with van der Waals surface area (Å²) >= 11 is 0. The minimum Gasteiger partial charge on any atom is -0.481 e. The summed E-state index contributed by atoms with van der Waals surface area (Å²) in [6, 6.07) is 0. The van der Waals surface area contributed by atoms with E-state index in [0.29, 0.717) is 25.7 Å². The van der Waals surface area contributed by atoms with Crippen LogP contribution in [0.15, 0.2) is 24.3 Å². The first-order chi connectivity index (χ1) is 12.0. The first kappa shape index (κ1) is 21.9. The molecule has 0 saturated heterocycles. The number of allylic oxidation sites excluding steroid dienone is 2. The summed E-state index contributed by atoms with van der Waals surface area (Å²) in [6.45, 7) is 2.12. The molecule has 25 heavy (non-hydrogen) atoms. The summed E-state index contributed by atoms with van der Waals surface area (Å²) in [5.41, 5.74) is 0. The number of unbranched alkanes of at least 4 members (excludes halogenated alkanes) is 3. The fraction of sp³-hybridized carbons (Fsp3) is 0.750. The van der Waals surface area contributed by atoms with Crippen LogP contribution >= 0.6 is 0 Å². The van der Waals surface area contributed by atoms with Gasteiger partial charge in [0.25, 0.3) is 0 Å². The van der Waals surface area contributed by atoms with Crippen LogP contribution < -0.4 is 0 Å². The molecule has 1 fully saturated rings. The van der Waals surface area contributed by atoms with Gasteiger partial charge < -0.3 is 20.4 Å². The third kappa shape index (κ3) is 8.66. The van der Waals surface area contributed by atoms with Gasteiger partial charge in [0, 0.05) is 18.8 Å². The number of rotatable bonds is 12. The average molecular weight is 354 g/mol. The number of hydrogen-bond acceptors (Lipinski definition) is 4.